The van der Waals surface area contributed by atoms with Gasteiger partial charge >= 0.3 is 0 Å². The number of amides is 1. The van der Waals surface area contributed by atoms with Gasteiger partial charge in [0.25, 0.3) is 5.69 Å². The minimum Gasteiger partial charge on any atom is -0.272 e. The zero-order valence-corrected chi connectivity index (χ0v) is 16.2. The van der Waals surface area contributed by atoms with Crippen LogP contribution >= 0.6 is 11.8 Å². The van der Waals surface area contributed by atoms with Gasteiger partial charge in [-0.2, -0.15) is 5.10 Å². The standard InChI is InChI=1S/C20H18N4O3S/c1-13-6-7-18-17(8-13)19(9-14(2)22-18)28-12-20(25)23-21-11-15-4-3-5-16(10-15)24(26)27/h3-11H,12H2,1-2H3,(H,23,25). The summed E-state index contributed by atoms with van der Waals surface area (Å²) in [6.45, 7) is 3.94. The number of hydrogen-bond acceptors (Lipinski definition) is 6. The lowest BCUT2D eigenvalue weighted by Crippen LogP contribution is -2.19. The first kappa shape index (κ1) is 19.5. The Bertz CT molecular complexity index is 1080. The van der Waals surface area contributed by atoms with E-state index < -0.39 is 4.92 Å². The monoisotopic (exact) mass is 394 g/mol. The van der Waals surface area contributed by atoms with Gasteiger partial charge < -0.3 is 0 Å². The van der Waals surface area contributed by atoms with Gasteiger partial charge in [0.1, 0.15) is 0 Å². The molecular formula is C20H18N4O3S. The van der Waals surface area contributed by atoms with Crippen LogP contribution in [0.2, 0.25) is 0 Å². The number of rotatable bonds is 6. The van der Waals surface area contributed by atoms with Crippen LogP contribution in [-0.2, 0) is 4.79 Å². The highest BCUT2D eigenvalue weighted by molar-refractivity contribution is 8.00. The number of fused-ring (bicyclic) bond motifs is 1. The second-order valence-electron chi connectivity index (χ2n) is 6.22. The van der Waals surface area contributed by atoms with Gasteiger partial charge in [-0.15, -0.1) is 11.8 Å². The van der Waals surface area contributed by atoms with Crippen LogP contribution in [0.3, 0.4) is 0 Å². The molecular weight excluding hydrogens is 376 g/mol. The molecule has 0 saturated carbocycles. The van der Waals surface area contributed by atoms with Crippen molar-refractivity contribution in [2.75, 3.05) is 5.75 Å². The molecule has 7 nitrogen and oxygen atoms in total. The van der Waals surface area contributed by atoms with E-state index in [-0.39, 0.29) is 17.3 Å². The molecule has 1 N–H and O–H groups in total. The molecule has 8 heteroatoms. The van der Waals surface area contributed by atoms with Gasteiger partial charge in [-0.05, 0) is 32.0 Å². The van der Waals surface area contributed by atoms with E-state index in [1.54, 1.807) is 12.1 Å². The predicted octanol–water partition coefficient (Wildman–Crippen LogP) is 4.00. The van der Waals surface area contributed by atoms with E-state index in [0.29, 0.717) is 5.56 Å². The van der Waals surface area contributed by atoms with Crippen molar-refractivity contribution in [1.82, 2.24) is 10.4 Å². The maximum Gasteiger partial charge on any atom is 0.270 e. The van der Waals surface area contributed by atoms with Gasteiger partial charge in [0.05, 0.1) is 22.4 Å². The summed E-state index contributed by atoms with van der Waals surface area (Å²) in [7, 11) is 0. The van der Waals surface area contributed by atoms with Crippen LogP contribution in [0.4, 0.5) is 5.69 Å². The number of carbonyl (C=O) groups excluding carboxylic acids is 1. The highest BCUT2D eigenvalue weighted by atomic mass is 32.2. The van der Waals surface area contributed by atoms with Crippen LogP contribution in [0.15, 0.2) is 58.5 Å². The maximum atomic E-state index is 12.1. The number of nitrogens with one attached hydrogen (secondary N) is 1. The van der Waals surface area contributed by atoms with E-state index in [1.807, 2.05) is 32.0 Å². The largest absolute Gasteiger partial charge is 0.272 e. The van der Waals surface area contributed by atoms with Crippen molar-refractivity contribution in [2.45, 2.75) is 18.7 Å². The fourth-order valence-corrected chi connectivity index (χ4v) is 3.55. The average molecular weight is 394 g/mol. The molecule has 3 aromatic rings. The normalized spacial score (nSPS) is 11.1. The minimum absolute atomic E-state index is 0.0268. The van der Waals surface area contributed by atoms with Gasteiger partial charge in [-0.1, -0.05) is 23.8 Å². The third kappa shape index (κ3) is 4.92. The summed E-state index contributed by atoms with van der Waals surface area (Å²) >= 11 is 1.42. The molecule has 1 heterocycles. The number of pyridine rings is 1. The molecule has 0 saturated heterocycles. The molecule has 0 unspecified atom stereocenters. The van der Waals surface area contributed by atoms with Gasteiger partial charge in [0.15, 0.2) is 0 Å². The van der Waals surface area contributed by atoms with Crippen LogP contribution in [0.1, 0.15) is 16.8 Å². The van der Waals surface area contributed by atoms with Crippen molar-refractivity contribution < 1.29 is 9.72 Å². The molecule has 2 aromatic carbocycles. The molecule has 0 bridgehead atoms. The molecule has 0 aliphatic rings. The van der Waals surface area contributed by atoms with Crippen molar-refractivity contribution >= 4 is 40.5 Å². The van der Waals surface area contributed by atoms with E-state index in [2.05, 4.69) is 21.6 Å². The molecule has 0 aliphatic carbocycles. The molecule has 3 rings (SSSR count). The number of nitrogens with zero attached hydrogens (tertiary/aromatic N) is 3. The second kappa shape index (κ2) is 8.62. The Hall–Kier alpha value is -3.26. The molecule has 0 radical (unpaired) electrons. The van der Waals surface area contributed by atoms with Crippen molar-refractivity contribution in [3.05, 3.63) is 75.5 Å². The highest BCUT2D eigenvalue weighted by Crippen LogP contribution is 2.28. The third-order valence-electron chi connectivity index (χ3n) is 3.90. The number of nitro benzene ring substituents is 1. The first-order valence-corrected chi connectivity index (χ1v) is 9.48. The van der Waals surface area contributed by atoms with Crippen LogP contribution in [0.5, 0.6) is 0 Å². The number of nitro groups is 1. The highest BCUT2D eigenvalue weighted by Gasteiger charge is 2.08. The number of thioether (sulfide) groups is 1. The predicted molar refractivity (Wildman–Crippen MR) is 111 cm³/mol. The fourth-order valence-electron chi connectivity index (χ4n) is 2.63. The van der Waals surface area contributed by atoms with E-state index in [1.165, 1.54) is 30.1 Å². The van der Waals surface area contributed by atoms with Crippen LogP contribution < -0.4 is 5.43 Å². The quantitative estimate of drug-likeness (QED) is 0.295. The van der Waals surface area contributed by atoms with Crippen LogP contribution in [-0.4, -0.2) is 27.8 Å². The second-order valence-corrected chi connectivity index (χ2v) is 7.23. The Labute approximate surface area is 166 Å². The molecule has 0 aliphatic heterocycles. The van der Waals surface area contributed by atoms with Crippen molar-refractivity contribution in [3.63, 3.8) is 0 Å². The average Bonchev–Trinajstić information content (AvgIpc) is 2.66. The SMILES string of the molecule is Cc1ccc2nc(C)cc(SCC(=O)NN=Cc3cccc([N+](=O)[O-])c3)c2c1. The first-order chi connectivity index (χ1) is 13.4. The Morgan fingerprint density at radius 2 is 2.07 bits per heavy atom. The number of hydrogen-bond donors (Lipinski definition) is 1. The third-order valence-corrected chi connectivity index (χ3v) is 4.95. The Balaban J connectivity index is 1.63. The van der Waals surface area contributed by atoms with E-state index in [9.17, 15) is 14.9 Å². The number of hydrazone groups is 1. The van der Waals surface area contributed by atoms with Crippen LogP contribution in [0.25, 0.3) is 10.9 Å². The molecule has 0 fully saturated rings. The zero-order valence-electron chi connectivity index (χ0n) is 15.4. The summed E-state index contributed by atoms with van der Waals surface area (Å²) in [5, 5.41) is 15.7. The van der Waals surface area contributed by atoms with Crippen molar-refractivity contribution in [1.29, 1.82) is 0 Å². The van der Waals surface area contributed by atoms with Crippen LogP contribution in [0, 0.1) is 24.0 Å². The van der Waals surface area contributed by atoms with E-state index in [4.69, 9.17) is 0 Å². The summed E-state index contributed by atoms with van der Waals surface area (Å²) in [5.74, 6) is -0.0689. The lowest BCUT2D eigenvalue weighted by Gasteiger charge is -2.08. The summed E-state index contributed by atoms with van der Waals surface area (Å²) in [5.41, 5.74) is 5.88. The van der Waals surface area contributed by atoms with Crippen molar-refractivity contribution in [3.8, 4) is 0 Å². The molecule has 28 heavy (non-hydrogen) atoms. The number of aryl methyl sites for hydroxylation is 2. The Morgan fingerprint density at radius 1 is 1.25 bits per heavy atom. The lowest BCUT2D eigenvalue weighted by molar-refractivity contribution is -0.384. The molecule has 0 spiro atoms. The topological polar surface area (TPSA) is 97.5 Å². The van der Waals surface area contributed by atoms with E-state index >= 15 is 0 Å². The number of non-ortho nitro benzene ring substituents is 1. The number of benzene rings is 2. The summed E-state index contributed by atoms with van der Waals surface area (Å²) in [6.07, 6.45) is 1.38. The number of aromatic nitrogens is 1. The first-order valence-electron chi connectivity index (χ1n) is 8.49. The van der Waals surface area contributed by atoms with Crippen molar-refractivity contribution in [2.24, 2.45) is 5.10 Å². The Morgan fingerprint density at radius 3 is 2.86 bits per heavy atom. The summed E-state index contributed by atoms with van der Waals surface area (Å²) < 4.78 is 0. The molecule has 0 atom stereocenters. The molecule has 1 aromatic heterocycles. The van der Waals surface area contributed by atoms with E-state index in [0.717, 1.165) is 27.1 Å². The molecule has 142 valence electrons. The van der Waals surface area contributed by atoms with Gasteiger partial charge in [-0.3, -0.25) is 19.9 Å². The minimum atomic E-state index is -0.477. The van der Waals surface area contributed by atoms with Gasteiger partial charge in [0.2, 0.25) is 5.91 Å². The zero-order chi connectivity index (χ0) is 20.1. The molecule has 1 amide bonds. The van der Waals surface area contributed by atoms with Gasteiger partial charge in [-0.25, -0.2) is 5.43 Å². The summed E-state index contributed by atoms with van der Waals surface area (Å²) in [4.78, 5) is 27.9. The van der Waals surface area contributed by atoms with Gasteiger partial charge in [0, 0.05) is 33.7 Å². The smallest absolute Gasteiger partial charge is 0.270 e. The maximum absolute atomic E-state index is 12.1. The Kier molecular flexibility index (Phi) is 6.00. The number of carbonyl (C=O) groups is 1. The lowest BCUT2D eigenvalue weighted by atomic mass is 10.1. The fraction of sp³-hybridized carbons (Fsp3) is 0.150. The summed E-state index contributed by atoms with van der Waals surface area (Å²) in [6, 6.07) is 14.0.